The lowest BCUT2D eigenvalue weighted by Crippen LogP contribution is -2.32. The summed E-state index contributed by atoms with van der Waals surface area (Å²) in [6.45, 7) is 0.879. The fourth-order valence-electron chi connectivity index (χ4n) is 4.06. The van der Waals surface area contributed by atoms with E-state index in [0.29, 0.717) is 41.5 Å². The van der Waals surface area contributed by atoms with Crippen LogP contribution in [0.3, 0.4) is 0 Å². The van der Waals surface area contributed by atoms with Gasteiger partial charge >= 0.3 is 5.97 Å². The molecule has 3 rings (SSSR count). The predicted octanol–water partition coefficient (Wildman–Crippen LogP) is 4.62. The largest absolute Gasteiger partial charge is 0.497 e. The van der Waals surface area contributed by atoms with E-state index in [1.54, 1.807) is 36.3 Å². The van der Waals surface area contributed by atoms with Gasteiger partial charge in [-0.05, 0) is 53.8 Å². The normalized spacial score (nSPS) is 10.5. The molecule has 0 aliphatic carbocycles. The molecule has 0 saturated carbocycles. The number of carbonyl (C=O) groups is 2. The Morgan fingerprint density at radius 2 is 1.32 bits per heavy atom. The van der Waals surface area contributed by atoms with Crippen LogP contribution in [0.15, 0.2) is 60.7 Å². The summed E-state index contributed by atoms with van der Waals surface area (Å²) in [5.74, 6) is 0.966. The zero-order chi connectivity index (χ0) is 26.8. The van der Waals surface area contributed by atoms with Crippen molar-refractivity contribution < 1.29 is 33.6 Å². The van der Waals surface area contributed by atoms with Crippen LogP contribution in [-0.4, -0.2) is 56.9 Å². The van der Waals surface area contributed by atoms with E-state index in [0.717, 1.165) is 29.7 Å². The van der Waals surface area contributed by atoms with E-state index >= 15 is 0 Å². The first-order valence-electron chi connectivity index (χ1n) is 11.9. The van der Waals surface area contributed by atoms with Crippen LogP contribution in [0.2, 0.25) is 0 Å². The molecule has 0 aliphatic heterocycles. The number of ether oxygens (including phenoxy) is 4. The molecule has 1 amide bonds. The monoisotopic (exact) mass is 507 g/mol. The molecule has 0 fully saturated rings. The number of hydrogen-bond donors (Lipinski definition) is 1. The van der Waals surface area contributed by atoms with Crippen LogP contribution >= 0.6 is 0 Å². The maximum absolute atomic E-state index is 13.7. The number of amides is 1. The summed E-state index contributed by atoms with van der Waals surface area (Å²) in [5, 5.41) is 9.03. The van der Waals surface area contributed by atoms with E-state index in [9.17, 15) is 9.59 Å². The molecular formula is C29H33NO7. The van der Waals surface area contributed by atoms with Gasteiger partial charge < -0.3 is 29.0 Å². The lowest BCUT2D eigenvalue weighted by molar-refractivity contribution is -0.136. The lowest BCUT2D eigenvalue weighted by Gasteiger charge is -2.24. The number of hydrogen-bond acceptors (Lipinski definition) is 6. The van der Waals surface area contributed by atoms with Gasteiger partial charge in [-0.3, -0.25) is 9.59 Å². The van der Waals surface area contributed by atoms with Crippen LogP contribution in [0, 0.1) is 0 Å². The van der Waals surface area contributed by atoms with Crippen LogP contribution in [0.5, 0.6) is 23.0 Å². The van der Waals surface area contributed by atoms with Gasteiger partial charge in [0.05, 0.1) is 34.9 Å². The van der Waals surface area contributed by atoms with Gasteiger partial charge in [-0.15, -0.1) is 0 Å². The van der Waals surface area contributed by atoms with E-state index in [-0.39, 0.29) is 12.3 Å². The Bertz CT molecular complexity index is 1160. The smallest absolute Gasteiger partial charge is 0.307 e. The SMILES string of the molecule is COc1ccc(CCCN(Cc2ccc(CC(=O)O)cc2)C(=O)c2cc(OC)c(OC)c(OC)c2)cc1. The number of carboxylic acids is 1. The molecule has 0 heterocycles. The van der Waals surface area contributed by atoms with Gasteiger partial charge in [0.1, 0.15) is 5.75 Å². The van der Waals surface area contributed by atoms with Crippen LogP contribution in [-0.2, 0) is 24.2 Å². The predicted molar refractivity (Wildman–Crippen MR) is 140 cm³/mol. The van der Waals surface area contributed by atoms with E-state index in [1.165, 1.54) is 21.3 Å². The average Bonchev–Trinajstić information content (AvgIpc) is 2.92. The fraction of sp³-hybridized carbons (Fsp3) is 0.310. The highest BCUT2D eigenvalue weighted by molar-refractivity contribution is 5.95. The fourth-order valence-corrected chi connectivity index (χ4v) is 4.06. The first-order valence-corrected chi connectivity index (χ1v) is 11.9. The molecule has 3 aromatic rings. The van der Waals surface area contributed by atoms with Gasteiger partial charge in [0.2, 0.25) is 5.75 Å². The van der Waals surface area contributed by atoms with Crippen molar-refractivity contribution in [2.45, 2.75) is 25.8 Å². The second-order valence-corrected chi connectivity index (χ2v) is 8.48. The molecule has 0 aromatic heterocycles. The third kappa shape index (κ3) is 7.39. The summed E-state index contributed by atoms with van der Waals surface area (Å²) in [4.78, 5) is 26.5. The number of rotatable bonds is 13. The van der Waals surface area contributed by atoms with Crippen LogP contribution in [0.4, 0.5) is 0 Å². The Morgan fingerprint density at radius 1 is 0.757 bits per heavy atom. The summed E-state index contributed by atoms with van der Waals surface area (Å²) < 4.78 is 21.5. The van der Waals surface area contributed by atoms with Crippen molar-refractivity contribution in [2.24, 2.45) is 0 Å². The highest BCUT2D eigenvalue weighted by Crippen LogP contribution is 2.38. The minimum Gasteiger partial charge on any atom is -0.497 e. The highest BCUT2D eigenvalue weighted by Gasteiger charge is 2.21. The topological polar surface area (TPSA) is 94.5 Å². The highest BCUT2D eigenvalue weighted by atomic mass is 16.5. The quantitative estimate of drug-likeness (QED) is 0.361. The number of carboxylic acid groups (broad SMARTS) is 1. The number of aryl methyl sites for hydroxylation is 1. The van der Waals surface area contributed by atoms with Crippen molar-refractivity contribution in [3.63, 3.8) is 0 Å². The number of benzene rings is 3. The van der Waals surface area contributed by atoms with Gasteiger partial charge in [-0.25, -0.2) is 0 Å². The molecule has 0 spiro atoms. The van der Waals surface area contributed by atoms with Crippen molar-refractivity contribution in [1.29, 1.82) is 0 Å². The average molecular weight is 508 g/mol. The first-order chi connectivity index (χ1) is 17.9. The maximum Gasteiger partial charge on any atom is 0.307 e. The number of carbonyl (C=O) groups excluding carboxylic acids is 1. The molecule has 0 atom stereocenters. The molecule has 8 heteroatoms. The molecule has 196 valence electrons. The summed E-state index contributed by atoms with van der Waals surface area (Å²) in [6, 6.07) is 18.5. The maximum atomic E-state index is 13.7. The second-order valence-electron chi connectivity index (χ2n) is 8.48. The van der Waals surface area contributed by atoms with Crippen molar-refractivity contribution in [3.8, 4) is 23.0 Å². The van der Waals surface area contributed by atoms with E-state index in [1.807, 2.05) is 36.4 Å². The number of methoxy groups -OCH3 is 4. The molecule has 1 N–H and O–H groups in total. The van der Waals surface area contributed by atoms with Crippen LogP contribution < -0.4 is 18.9 Å². The van der Waals surface area contributed by atoms with Crippen LogP contribution in [0.1, 0.15) is 33.5 Å². The molecule has 0 bridgehead atoms. The zero-order valence-corrected chi connectivity index (χ0v) is 21.7. The molecule has 0 aliphatic rings. The van der Waals surface area contributed by atoms with Crippen molar-refractivity contribution in [2.75, 3.05) is 35.0 Å². The Kier molecular flexibility index (Phi) is 9.77. The lowest BCUT2D eigenvalue weighted by atomic mass is 10.1. The molecular weight excluding hydrogens is 474 g/mol. The van der Waals surface area contributed by atoms with Crippen LogP contribution in [0.25, 0.3) is 0 Å². The standard InChI is InChI=1S/C29H33NO7/c1-34-24-13-11-20(12-14-24)6-5-15-30(19-22-9-7-21(8-10-22)16-27(31)32)29(33)23-17-25(35-2)28(37-4)26(18-23)36-3/h7-14,17-18H,5-6,15-16,19H2,1-4H3,(H,31,32). The van der Waals surface area contributed by atoms with Crippen molar-refractivity contribution in [1.82, 2.24) is 4.90 Å². The molecule has 0 radical (unpaired) electrons. The summed E-state index contributed by atoms with van der Waals surface area (Å²) in [6.07, 6.45) is 1.50. The molecule has 0 saturated heterocycles. The summed E-state index contributed by atoms with van der Waals surface area (Å²) >= 11 is 0. The molecule has 8 nitrogen and oxygen atoms in total. The summed E-state index contributed by atoms with van der Waals surface area (Å²) in [5.41, 5.74) is 3.18. The Labute approximate surface area is 217 Å². The van der Waals surface area contributed by atoms with Gasteiger partial charge in [-0.2, -0.15) is 0 Å². The molecule has 37 heavy (non-hydrogen) atoms. The van der Waals surface area contributed by atoms with E-state index < -0.39 is 5.97 Å². The Morgan fingerprint density at radius 3 is 1.84 bits per heavy atom. The Balaban J connectivity index is 1.83. The van der Waals surface area contributed by atoms with Gasteiger partial charge in [-0.1, -0.05) is 36.4 Å². The third-order valence-electron chi connectivity index (χ3n) is 6.00. The van der Waals surface area contributed by atoms with Crippen molar-refractivity contribution in [3.05, 3.63) is 82.9 Å². The minimum absolute atomic E-state index is 0.0454. The Hall–Kier alpha value is -4.20. The van der Waals surface area contributed by atoms with E-state index in [2.05, 4.69) is 0 Å². The molecule has 3 aromatic carbocycles. The molecule has 0 unspecified atom stereocenters. The first kappa shape index (κ1) is 27.4. The zero-order valence-electron chi connectivity index (χ0n) is 21.7. The summed E-state index contributed by atoms with van der Waals surface area (Å²) in [7, 11) is 6.17. The van der Waals surface area contributed by atoms with Gasteiger partial charge in [0.25, 0.3) is 5.91 Å². The van der Waals surface area contributed by atoms with E-state index in [4.69, 9.17) is 24.1 Å². The number of nitrogens with zero attached hydrogens (tertiary/aromatic N) is 1. The van der Waals surface area contributed by atoms with Gasteiger partial charge in [0, 0.05) is 18.7 Å². The third-order valence-corrected chi connectivity index (χ3v) is 6.00. The number of aliphatic carboxylic acids is 1. The van der Waals surface area contributed by atoms with Gasteiger partial charge in [0.15, 0.2) is 11.5 Å². The minimum atomic E-state index is -0.884. The van der Waals surface area contributed by atoms with Crippen molar-refractivity contribution >= 4 is 11.9 Å². The second kappa shape index (κ2) is 13.2.